The molecule has 0 unspecified atom stereocenters. The zero-order chi connectivity index (χ0) is 23.9. The first kappa shape index (κ1) is 23.9. The fraction of sp³-hybridized carbons (Fsp3) is 0.259. The van der Waals surface area contributed by atoms with Crippen molar-refractivity contribution < 1.29 is 14.0 Å². The van der Waals surface area contributed by atoms with Crippen LogP contribution in [0.4, 0.5) is 10.1 Å². The molecule has 0 spiro atoms. The van der Waals surface area contributed by atoms with Gasteiger partial charge < -0.3 is 10.6 Å². The number of piperidine rings is 1. The summed E-state index contributed by atoms with van der Waals surface area (Å²) in [5.74, 6) is -0.828. The first-order valence-corrected chi connectivity index (χ1v) is 11.8. The van der Waals surface area contributed by atoms with Crippen LogP contribution in [0.1, 0.15) is 34.3 Å². The van der Waals surface area contributed by atoms with E-state index in [0.29, 0.717) is 60.9 Å². The van der Waals surface area contributed by atoms with E-state index in [4.69, 9.17) is 11.6 Å². The molecule has 34 heavy (non-hydrogen) atoms. The molecule has 7 heteroatoms. The largest absolute Gasteiger partial charge is 0.348 e. The maximum Gasteiger partial charge on any atom is 0.253 e. The van der Waals surface area contributed by atoms with Crippen LogP contribution in [-0.2, 0) is 17.9 Å². The SMILES string of the molecule is O=C(NCc1ccccc1)c1ccccc1NC(=O)C1CCN(Cc2c(F)cccc2Cl)CC1. The number of hydrogen-bond acceptors (Lipinski definition) is 3. The fourth-order valence-electron chi connectivity index (χ4n) is 4.16. The number of nitrogens with zero attached hydrogens (tertiary/aromatic N) is 1. The molecule has 1 heterocycles. The predicted octanol–water partition coefficient (Wildman–Crippen LogP) is 5.26. The molecule has 0 aromatic heterocycles. The molecule has 1 aliphatic heterocycles. The third-order valence-corrected chi connectivity index (χ3v) is 6.48. The molecule has 0 aliphatic carbocycles. The third-order valence-electron chi connectivity index (χ3n) is 6.13. The minimum absolute atomic E-state index is 0.105. The summed E-state index contributed by atoms with van der Waals surface area (Å²) in [4.78, 5) is 27.8. The number of hydrogen-bond donors (Lipinski definition) is 2. The summed E-state index contributed by atoms with van der Waals surface area (Å²) in [6, 6.07) is 21.4. The Bertz CT molecular complexity index is 1130. The highest BCUT2D eigenvalue weighted by molar-refractivity contribution is 6.31. The third kappa shape index (κ3) is 6.01. The molecule has 3 aromatic carbocycles. The molecule has 2 N–H and O–H groups in total. The van der Waals surface area contributed by atoms with E-state index in [1.807, 2.05) is 30.3 Å². The standard InChI is InChI=1S/C27H27ClFN3O2/c28-23-10-6-11-24(29)22(23)18-32-15-13-20(14-16-32)26(33)31-25-12-5-4-9-21(25)27(34)30-17-19-7-2-1-3-8-19/h1-12,20H,13-18H2,(H,30,34)(H,31,33). The predicted molar refractivity (Wildman–Crippen MR) is 132 cm³/mol. The van der Waals surface area contributed by atoms with E-state index in [1.165, 1.54) is 6.07 Å². The lowest BCUT2D eigenvalue weighted by Crippen LogP contribution is -2.38. The molecule has 2 amide bonds. The number of carbonyl (C=O) groups excluding carboxylic acids is 2. The first-order chi connectivity index (χ1) is 16.5. The van der Waals surface area contributed by atoms with Crippen LogP contribution in [0.2, 0.25) is 5.02 Å². The van der Waals surface area contributed by atoms with Crippen LogP contribution in [0.15, 0.2) is 72.8 Å². The van der Waals surface area contributed by atoms with E-state index < -0.39 is 0 Å². The van der Waals surface area contributed by atoms with E-state index >= 15 is 0 Å². The van der Waals surface area contributed by atoms with E-state index in [1.54, 1.807) is 36.4 Å². The summed E-state index contributed by atoms with van der Waals surface area (Å²) in [7, 11) is 0. The van der Waals surface area contributed by atoms with Gasteiger partial charge in [0.15, 0.2) is 0 Å². The number of benzene rings is 3. The fourth-order valence-corrected chi connectivity index (χ4v) is 4.38. The number of amides is 2. The topological polar surface area (TPSA) is 61.4 Å². The number of anilines is 1. The maximum atomic E-state index is 14.1. The molecule has 4 rings (SSSR count). The molecule has 1 fully saturated rings. The minimum atomic E-state index is -0.311. The Morgan fingerprint density at radius 3 is 2.38 bits per heavy atom. The van der Waals surface area contributed by atoms with Gasteiger partial charge in [0.05, 0.1) is 11.3 Å². The number of para-hydroxylation sites is 1. The second-order valence-electron chi connectivity index (χ2n) is 8.45. The number of likely N-dealkylation sites (tertiary alicyclic amines) is 1. The lowest BCUT2D eigenvalue weighted by Gasteiger charge is -2.31. The van der Waals surface area contributed by atoms with Crippen molar-refractivity contribution in [1.29, 1.82) is 0 Å². The van der Waals surface area contributed by atoms with Crippen LogP contribution in [0.5, 0.6) is 0 Å². The normalized spacial score (nSPS) is 14.5. The summed E-state index contributed by atoms with van der Waals surface area (Å²) in [5, 5.41) is 6.27. The lowest BCUT2D eigenvalue weighted by molar-refractivity contribution is -0.121. The maximum absolute atomic E-state index is 14.1. The summed E-state index contributed by atoms with van der Waals surface area (Å²) in [6.07, 6.45) is 1.31. The molecule has 176 valence electrons. The first-order valence-electron chi connectivity index (χ1n) is 11.4. The zero-order valence-corrected chi connectivity index (χ0v) is 19.5. The average molecular weight is 480 g/mol. The minimum Gasteiger partial charge on any atom is -0.348 e. The summed E-state index contributed by atoms with van der Waals surface area (Å²) in [5.41, 5.74) is 2.42. The highest BCUT2D eigenvalue weighted by Crippen LogP contribution is 2.25. The van der Waals surface area contributed by atoms with Gasteiger partial charge in [-0.1, -0.05) is 60.1 Å². The van der Waals surface area contributed by atoms with Gasteiger partial charge in [0.1, 0.15) is 5.82 Å². The van der Waals surface area contributed by atoms with Gasteiger partial charge in [0.25, 0.3) is 5.91 Å². The summed E-state index contributed by atoms with van der Waals surface area (Å²) < 4.78 is 14.1. The molecule has 3 aromatic rings. The Kier molecular flexibility index (Phi) is 7.93. The van der Waals surface area contributed by atoms with Gasteiger partial charge in [0, 0.05) is 29.6 Å². The highest BCUT2D eigenvalue weighted by atomic mass is 35.5. The Labute approximate surface area is 203 Å². The van der Waals surface area contributed by atoms with Crippen molar-refractivity contribution in [3.8, 4) is 0 Å². The number of carbonyl (C=O) groups is 2. The van der Waals surface area contributed by atoms with Crippen LogP contribution in [0.25, 0.3) is 0 Å². The van der Waals surface area contributed by atoms with Gasteiger partial charge >= 0.3 is 0 Å². The van der Waals surface area contributed by atoms with Crippen LogP contribution in [-0.4, -0.2) is 29.8 Å². The van der Waals surface area contributed by atoms with Crippen molar-refractivity contribution >= 4 is 29.1 Å². The van der Waals surface area contributed by atoms with Gasteiger partial charge in [-0.3, -0.25) is 14.5 Å². The van der Waals surface area contributed by atoms with Gasteiger partial charge in [-0.25, -0.2) is 4.39 Å². The quantitative estimate of drug-likeness (QED) is 0.486. The smallest absolute Gasteiger partial charge is 0.253 e. The van der Waals surface area contributed by atoms with E-state index in [0.717, 1.165) is 5.56 Å². The molecular weight excluding hydrogens is 453 g/mol. The monoisotopic (exact) mass is 479 g/mol. The van der Waals surface area contributed by atoms with Crippen molar-refractivity contribution in [3.05, 3.63) is 100 Å². The van der Waals surface area contributed by atoms with E-state index in [-0.39, 0.29) is 23.5 Å². The molecule has 0 saturated carbocycles. The van der Waals surface area contributed by atoms with Crippen LogP contribution in [0, 0.1) is 11.7 Å². The van der Waals surface area contributed by atoms with E-state index in [9.17, 15) is 14.0 Å². The molecule has 0 atom stereocenters. The Morgan fingerprint density at radius 1 is 0.941 bits per heavy atom. The average Bonchev–Trinajstić information content (AvgIpc) is 2.86. The second kappa shape index (κ2) is 11.3. The van der Waals surface area contributed by atoms with Gasteiger partial charge in [-0.2, -0.15) is 0 Å². The summed E-state index contributed by atoms with van der Waals surface area (Å²) >= 11 is 6.15. The molecule has 0 radical (unpaired) electrons. The van der Waals surface area contributed by atoms with Crippen LogP contribution >= 0.6 is 11.6 Å². The highest BCUT2D eigenvalue weighted by Gasteiger charge is 2.26. The van der Waals surface area contributed by atoms with Gasteiger partial charge in [-0.05, 0) is 55.8 Å². The second-order valence-corrected chi connectivity index (χ2v) is 8.86. The van der Waals surface area contributed by atoms with Crippen LogP contribution in [0.3, 0.4) is 0 Å². The molecule has 1 aliphatic rings. The van der Waals surface area contributed by atoms with Crippen LogP contribution < -0.4 is 10.6 Å². The Morgan fingerprint density at radius 2 is 1.65 bits per heavy atom. The van der Waals surface area contributed by atoms with Gasteiger partial charge in [-0.15, -0.1) is 0 Å². The zero-order valence-electron chi connectivity index (χ0n) is 18.8. The van der Waals surface area contributed by atoms with E-state index in [2.05, 4.69) is 15.5 Å². The Hall–Kier alpha value is -3.22. The van der Waals surface area contributed by atoms with Gasteiger partial charge in [0.2, 0.25) is 5.91 Å². The number of rotatable bonds is 7. The lowest BCUT2D eigenvalue weighted by atomic mass is 9.95. The van der Waals surface area contributed by atoms with Crippen molar-refractivity contribution in [2.75, 3.05) is 18.4 Å². The summed E-state index contributed by atoms with van der Waals surface area (Å²) in [6.45, 7) is 2.17. The van der Waals surface area contributed by atoms with Crippen molar-refractivity contribution in [2.24, 2.45) is 5.92 Å². The number of nitrogens with one attached hydrogen (secondary N) is 2. The van der Waals surface area contributed by atoms with Crippen molar-refractivity contribution in [2.45, 2.75) is 25.9 Å². The molecule has 5 nitrogen and oxygen atoms in total. The molecule has 0 bridgehead atoms. The molecular formula is C27H27ClFN3O2. The number of halogens is 2. The van der Waals surface area contributed by atoms with Crippen molar-refractivity contribution in [3.63, 3.8) is 0 Å². The molecule has 1 saturated heterocycles. The Balaban J connectivity index is 1.32. The van der Waals surface area contributed by atoms with Crippen molar-refractivity contribution in [1.82, 2.24) is 10.2 Å².